The number of hydrogen-bond acceptors (Lipinski definition) is 3. The van der Waals surface area contributed by atoms with Crippen LogP contribution in [0.25, 0.3) is 0 Å². The summed E-state index contributed by atoms with van der Waals surface area (Å²) < 4.78 is 6.25. The van der Waals surface area contributed by atoms with Crippen LogP contribution in [0.4, 0.5) is 4.79 Å². The topological polar surface area (TPSA) is 51.2 Å². The average molecular weight is 368 g/mol. The summed E-state index contributed by atoms with van der Waals surface area (Å²) in [5.41, 5.74) is 1.91. The molecule has 2 aromatic rings. The van der Waals surface area contributed by atoms with E-state index in [2.05, 4.69) is 32.9 Å². The number of pyridine rings is 1. The molecule has 0 fully saturated rings. The maximum atomic E-state index is 11.5. The minimum Gasteiger partial charge on any atom is -0.445 e. The highest BCUT2D eigenvalue weighted by atomic mass is 127. The van der Waals surface area contributed by atoms with Crippen LogP contribution in [0.1, 0.15) is 11.1 Å². The number of benzene rings is 1. The van der Waals surface area contributed by atoms with Crippen LogP contribution in [0, 0.1) is 3.57 Å². The third-order valence-corrected chi connectivity index (χ3v) is 3.16. The molecule has 0 saturated heterocycles. The van der Waals surface area contributed by atoms with E-state index in [-0.39, 0.29) is 6.61 Å². The standard InChI is InChI=1S/C14H13IN2O2/c15-13-5-3-11(4-6-13)9-17-14(18)19-10-12-2-1-7-16-8-12/h1-8H,9-10H2,(H,17,18). The molecule has 5 heteroatoms. The molecule has 0 aliphatic rings. The average Bonchev–Trinajstić information content (AvgIpc) is 2.45. The highest BCUT2D eigenvalue weighted by molar-refractivity contribution is 14.1. The Hall–Kier alpha value is -1.63. The Kier molecular flexibility index (Phi) is 5.14. The Morgan fingerprint density at radius 2 is 2.00 bits per heavy atom. The molecule has 0 aliphatic carbocycles. The molecule has 0 saturated carbocycles. The molecule has 1 heterocycles. The third kappa shape index (κ3) is 4.86. The normalized spacial score (nSPS) is 9.95. The van der Waals surface area contributed by atoms with Gasteiger partial charge in [-0.25, -0.2) is 4.79 Å². The molecule has 4 nitrogen and oxygen atoms in total. The van der Waals surface area contributed by atoms with E-state index in [4.69, 9.17) is 4.74 Å². The lowest BCUT2D eigenvalue weighted by Gasteiger charge is -2.07. The first-order valence-corrected chi connectivity index (χ1v) is 6.86. The number of ether oxygens (including phenoxy) is 1. The number of nitrogens with one attached hydrogen (secondary N) is 1. The summed E-state index contributed by atoms with van der Waals surface area (Å²) >= 11 is 2.24. The lowest BCUT2D eigenvalue weighted by Crippen LogP contribution is -2.23. The maximum Gasteiger partial charge on any atom is 0.407 e. The van der Waals surface area contributed by atoms with Gasteiger partial charge in [0.25, 0.3) is 0 Å². The number of alkyl carbamates (subject to hydrolysis) is 1. The molecule has 98 valence electrons. The Morgan fingerprint density at radius 3 is 2.68 bits per heavy atom. The maximum absolute atomic E-state index is 11.5. The van der Waals surface area contributed by atoms with Gasteiger partial charge < -0.3 is 10.1 Å². The van der Waals surface area contributed by atoms with Crippen LogP contribution >= 0.6 is 22.6 Å². The second-order valence-electron chi connectivity index (χ2n) is 3.92. The molecule has 0 aliphatic heterocycles. The summed E-state index contributed by atoms with van der Waals surface area (Å²) in [6.45, 7) is 0.690. The highest BCUT2D eigenvalue weighted by Crippen LogP contribution is 2.06. The quantitative estimate of drug-likeness (QED) is 0.844. The zero-order valence-corrected chi connectivity index (χ0v) is 12.3. The van der Waals surface area contributed by atoms with E-state index in [1.165, 1.54) is 3.57 Å². The molecular formula is C14H13IN2O2. The molecule has 0 unspecified atom stereocenters. The Bertz CT molecular complexity index is 529. The van der Waals surface area contributed by atoms with E-state index >= 15 is 0 Å². The van der Waals surface area contributed by atoms with Crippen molar-refractivity contribution in [1.29, 1.82) is 0 Å². The van der Waals surface area contributed by atoms with Crippen LogP contribution in [0.5, 0.6) is 0 Å². The van der Waals surface area contributed by atoms with Gasteiger partial charge in [-0.2, -0.15) is 0 Å². The first kappa shape index (κ1) is 13.8. The molecule has 0 spiro atoms. The molecule has 0 bridgehead atoms. The molecule has 1 amide bonds. The van der Waals surface area contributed by atoms with E-state index in [0.717, 1.165) is 11.1 Å². The van der Waals surface area contributed by atoms with Crippen molar-refractivity contribution in [1.82, 2.24) is 10.3 Å². The number of amides is 1. The number of aromatic nitrogens is 1. The predicted molar refractivity (Wildman–Crippen MR) is 80.4 cm³/mol. The van der Waals surface area contributed by atoms with Crippen molar-refractivity contribution in [3.8, 4) is 0 Å². The van der Waals surface area contributed by atoms with Crippen molar-refractivity contribution in [2.75, 3.05) is 0 Å². The van der Waals surface area contributed by atoms with Gasteiger partial charge >= 0.3 is 6.09 Å². The molecule has 1 aromatic carbocycles. The molecule has 1 N–H and O–H groups in total. The van der Waals surface area contributed by atoms with Crippen LogP contribution in [0.3, 0.4) is 0 Å². The van der Waals surface area contributed by atoms with Crippen molar-refractivity contribution < 1.29 is 9.53 Å². The van der Waals surface area contributed by atoms with E-state index in [1.54, 1.807) is 12.4 Å². The smallest absolute Gasteiger partial charge is 0.407 e. The van der Waals surface area contributed by atoms with Gasteiger partial charge in [-0.3, -0.25) is 4.98 Å². The molecule has 2 rings (SSSR count). The van der Waals surface area contributed by atoms with Gasteiger partial charge in [0.15, 0.2) is 0 Å². The summed E-state index contributed by atoms with van der Waals surface area (Å²) in [6.07, 6.45) is 2.93. The highest BCUT2D eigenvalue weighted by Gasteiger charge is 2.02. The second kappa shape index (κ2) is 7.08. The Balaban J connectivity index is 1.74. The van der Waals surface area contributed by atoms with E-state index < -0.39 is 6.09 Å². The Labute approximate surface area is 125 Å². The van der Waals surface area contributed by atoms with Gasteiger partial charge in [-0.1, -0.05) is 18.2 Å². The largest absolute Gasteiger partial charge is 0.445 e. The Morgan fingerprint density at radius 1 is 1.21 bits per heavy atom. The van der Waals surface area contributed by atoms with Crippen molar-refractivity contribution in [3.63, 3.8) is 0 Å². The lowest BCUT2D eigenvalue weighted by molar-refractivity contribution is 0.139. The second-order valence-corrected chi connectivity index (χ2v) is 5.16. The van der Waals surface area contributed by atoms with Gasteiger partial charge in [0.05, 0.1) is 0 Å². The first-order chi connectivity index (χ1) is 9.24. The van der Waals surface area contributed by atoms with E-state index in [9.17, 15) is 4.79 Å². The van der Waals surface area contributed by atoms with Crippen molar-refractivity contribution in [2.24, 2.45) is 0 Å². The number of halogens is 1. The number of rotatable bonds is 4. The summed E-state index contributed by atoms with van der Waals surface area (Å²) in [5.74, 6) is 0. The van der Waals surface area contributed by atoms with Gasteiger partial charge in [0.2, 0.25) is 0 Å². The zero-order chi connectivity index (χ0) is 13.5. The molecule has 1 aromatic heterocycles. The van der Waals surface area contributed by atoms with Crippen LogP contribution in [0.2, 0.25) is 0 Å². The third-order valence-electron chi connectivity index (χ3n) is 2.44. The molecule has 0 atom stereocenters. The molecule has 19 heavy (non-hydrogen) atoms. The SMILES string of the molecule is O=C(NCc1ccc(I)cc1)OCc1cccnc1. The van der Waals surface area contributed by atoms with Gasteiger partial charge in [-0.15, -0.1) is 0 Å². The number of nitrogens with zero attached hydrogens (tertiary/aromatic N) is 1. The monoisotopic (exact) mass is 368 g/mol. The fourth-order valence-electron chi connectivity index (χ4n) is 1.46. The summed E-state index contributed by atoms with van der Waals surface area (Å²) in [7, 11) is 0. The lowest BCUT2D eigenvalue weighted by atomic mass is 10.2. The van der Waals surface area contributed by atoms with Crippen molar-refractivity contribution in [3.05, 3.63) is 63.5 Å². The molecular weight excluding hydrogens is 355 g/mol. The number of carbonyl (C=O) groups excluding carboxylic acids is 1. The minimum absolute atomic E-state index is 0.229. The summed E-state index contributed by atoms with van der Waals surface area (Å²) in [5, 5.41) is 2.70. The minimum atomic E-state index is -0.428. The number of carbonyl (C=O) groups is 1. The first-order valence-electron chi connectivity index (χ1n) is 5.78. The van der Waals surface area contributed by atoms with Crippen LogP contribution in [0.15, 0.2) is 48.8 Å². The zero-order valence-electron chi connectivity index (χ0n) is 10.2. The van der Waals surface area contributed by atoms with Crippen LogP contribution in [-0.2, 0) is 17.9 Å². The van der Waals surface area contributed by atoms with E-state index in [0.29, 0.717) is 6.54 Å². The molecule has 0 radical (unpaired) electrons. The fraction of sp³-hybridized carbons (Fsp3) is 0.143. The van der Waals surface area contributed by atoms with Crippen molar-refractivity contribution >= 4 is 28.7 Å². The van der Waals surface area contributed by atoms with Gasteiger partial charge in [0.1, 0.15) is 6.61 Å². The van der Waals surface area contributed by atoms with Crippen LogP contribution < -0.4 is 5.32 Å². The summed E-state index contributed by atoms with van der Waals surface area (Å²) in [4.78, 5) is 15.5. The van der Waals surface area contributed by atoms with Crippen molar-refractivity contribution in [2.45, 2.75) is 13.2 Å². The fourth-order valence-corrected chi connectivity index (χ4v) is 1.82. The predicted octanol–water partition coefficient (Wildman–Crippen LogP) is 3.11. The van der Waals surface area contributed by atoms with Gasteiger partial charge in [-0.05, 0) is 46.4 Å². The van der Waals surface area contributed by atoms with Gasteiger partial charge in [0, 0.05) is 28.1 Å². The van der Waals surface area contributed by atoms with E-state index in [1.807, 2.05) is 36.4 Å². The summed E-state index contributed by atoms with van der Waals surface area (Å²) in [6, 6.07) is 11.6. The van der Waals surface area contributed by atoms with Crippen LogP contribution in [-0.4, -0.2) is 11.1 Å². The number of hydrogen-bond donors (Lipinski definition) is 1.